The van der Waals surface area contributed by atoms with Crippen LogP contribution in [-0.2, 0) is 10.0 Å². The Kier molecular flexibility index (Phi) is 8.64. The molecule has 2 aromatic rings. The molecule has 0 spiro atoms. The minimum absolute atomic E-state index is 0.189. The third-order valence-electron chi connectivity index (χ3n) is 6.32. The van der Waals surface area contributed by atoms with Gasteiger partial charge in [-0.1, -0.05) is 50.2 Å². The number of rotatable bonds is 9. The number of likely N-dealkylation sites (N-methyl/N-ethyl adjacent to an activating group) is 1. The SMILES string of the molecule is CCN(CC)S(=O)(=O)c1cc(C(=O)NC(CN2CCN(C)CC2)c2ccccc2)ccc1C. The maximum Gasteiger partial charge on any atom is 0.251 e. The van der Waals surface area contributed by atoms with Crippen LogP contribution in [0.4, 0.5) is 0 Å². The minimum atomic E-state index is -3.66. The Bertz CT molecular complexity index is 1030. The highest BCUT2D eigenvalue weighted by Crippen LogP contribution is 2.22. The fourth-order valence-corrected chi connectivity index (χ4v) is 5.88. The first kappa shape index (κ1) is 25.4. The molecule has 0 aromatic heterocycles. The largest absolute Gasteiger partial charge is 0.344 e. The molecule has 1 N–H and O–H groups in total. The molecule has 2 aromatic carbocycles. The molecule has 0 radical (unpaired) electrons. The average Bonchev–Trinajstić information content (AvgIpc) is 2.81. The van der Waals surface area contributed by atoms with Gasteiger partial charge in [0.2, 0.25) is 10.0 Å². The number of nitrogens with zero attached hydrogens (tertiary/aromatic N) is 3. The van der Waals surface area contributed by atoms with E-state index in [9.17, 15) is 13.2 Å². The number of carbonyl (C=O) groups excluding carboxylic acids is 1. The standard InChI is InChI=1S/C25H36N4O3S/c1-5-29(6-2)33(31,32)24-18-22(13-12-20(24)3)25(30)26-23(21-10-8-7-9-11-21)19-28-16-14-27(4)15-17-28/h7-13,18,23H,5-6,14-17,19H2,1-4H3,(H,26,30). The third-order valence-corrected chi connectivity index (χ3v) is 8.51. The number of hydrogen-bond acceptors (Lipinski definition) is 5. The van der Waals surface area contributed by atoms with Crippen molar-refractivity contribution in [1.82, 2.24) is 19.4 Å². The first-order chi connectivity index (χ1) is 15.8. The Morgan fingerprint density at radius 1 is 1.03 bits per heavy atom. The average molecular weight is 473 g/mol. The Labute approximate surface area is 198 Å². The molecular weight excluding hydrogens is 436 g/mol. The van der Waals surface area contributed by atoms with E-state index in [1.807, 2.05) is 44.2 Å². The summed E-state index contributed by atoms with van der Waals surface area (Å²) in [6.45, 7) is 10.8. The molecule has 1 fully saturated rings. The molecule has 1 heterocycles. The van der Waals surface area contributed by atoms with E-state index in [-0.39, 0.29) is 16.8 Å². The maximum atomic E-state index is 13.3. The van der Waals surface area contributed by atoms with Crippen LogP contribution < -0.4 is 5.32 Å². The van der Waals surface area contributed by atoms with E-state index in [2.05, 4.69) is 22.2 Å². The summed E-state index contributed by atoms with van der Waals surface area (Å²) in [5.41, 5.74) is 2.02. The van der Waals surface area contributed by atoms with Gasteiger partial charge in [-0.2, -0.15) is 4.31 Å². The molecule has 1 saturated heterocycles. The number of benzene rings is 2. The van der Waals surface area contributed by atoms with Crippen LogP contribution in [-0.4, -0.2) is 81.3 Å². The topological polar surface area (TPSA) is 73.0 Å². The molecule has 1 aliphatic rings. The van der Waals surface area contributed by atoms with Crippen molar-refractivity contribution in [2.75, 3.05) is 52.9 Å². The van der Waals surface area contributed by atoms with Gasteiger partial charge in [-0.3, -0.25) is 9.69 Å². The van der Waals surface area contributed by atoms with E-state index in [1.54, 1.807) is 19.1 Å². The van der Waals surface area contributed by atoms with Crippen LogP contribution in [0.15, 0.2) is 53.4 Å². The highest BCUT2D eigenvalue weighted by atomic mass is 32.2. The second-order valence-electron chi connectivity index (χ2n) is 8.61. The Morgan fingerprint density at radius 2 is 1.67 bits per heavy atom. The quantitative estimate of drug-likeness (QED) is 0.608. The molecule has 1 unspecified atom stereocenters. The fourth-order valence-electron chi connectivity index (χ4n) is 4.17. The lowest BCUT2D eigenvalue weighted by Crippen LogP contribution is -2.47. The third kappa shape index (κ3) is 6.20. The van der Waals surface area contributed by atoms with Gasteiger partial charge in [-0.15, -0.1) is 0 Å². The lowest BCUT2D eigenvalue weighted by atomic mass is 10.0. The maximum absolute atomic E-state index is 13.3. The molecule has 0 bridgehead atoms. The van der Waals surface area contributed by atoms with Gasteiger partial charge in [0.25, 0.3) is 5.91 Å². The van der Waals surface area contributed by atoms with Gasteiger partial charge < -0.3 is 10.2 Å². The Morgan fingerprint density at radius 3 is 2.27 bits per heavy atom. The van der Waals surface area contributed by atoms with Crippen molar-refractivity contribution in [2.45, 2.75) is 31.7 Å². The van der Waals surface area contributed by atoms with Crippen LogP contribution in [0.3, 0.4) is 0 Å². The smallest absolute Gasteiger partial charge is 0.251 e. The van der Waals surface area contributed by atoms with E-state index in [4.69, 9.17) is 0 Å². The van der Waals surface area contributed by atoms with Crippen molar-refractivity contribution in [2.24, 2.45) is 0 Å². The summed E-state index contributed by atoms with van der Waals surface area (Å²) in [6, 6.07) is 14.7. The van der Waals surface area contributed by atoms with Crippen molar-refractivity contribution in [1.29, 1.82) is 0 Å². The highest BCUT2D eigenvalue weighted by Gasteiger charge is 2.26. The monoisotopic (exact) mass is 472 g/mol. The summed E-state index contributed by atoms with van der Waals surface area (Å²) in [6.07, 6.45) is 0. The number of piperazine rings is 1. The predicted molar refractivity (Wildman–Crippen MR) is 132 cm³/mol. The zero-order valence-corrected chi connectivity index (χ0v) is 20.9. The Hall–Kier alpha value is -2.26. The number of carbonyl (C=O) groups is 1. The van der Waals surface area contributed by atoms with Gasteiger partial charge in [0.1, 0.15) is 0 Å². The summed E-state index contributed by atoms with van der Waals surface area (Å²) in [5.74, 6) is -0.269. The van der Waals surface area contributed by atoms with Gasteiger partial charge >= 0.3 is 0 Å². The van der Waals surface area contributed by atoms with Gasteiger partial charge in [0.15, 0.2) is 0 Å². The number of amides is 1. The lowest BCUT2D eigenvalue weighted by Gasteiger charge is -2.35. The molecule has 0 saturated carbocycles. The Balaban J connectivity index is 1.85. The molecule has 7 nitrogen and oxygen atoms in total. The summed E-state index contributed by atoms with van der Waals surface area (Å²) in [5, 5.41) is 3.16. The van der Waals surface area contributed by atoms with Crippen LogP contribution >= 0.6 is 0 Å². The van der Waals surface area contributed by atoms with Crippen molar-refractivity contribution >= 4 is 15.9 Å². The summed E-state index contributed by atoms with van der Waals surface area (Å²) in [4.78, 5) is 18.1. The molecule has 1 atom stereocenters. The molecule has 8 heteroatoms. The van der Waals surface area contributed by atoms with Crippen LogP contribution in [0.5, 0.6) is 0 Å². The van der Waals surface area contributed by atoms with Gasteiger partial charge in [-0.25, -0.2) is 8.42 Å². The van der Waals surface area contributed by atoms with Crippen LogP contribution in [0.25, 0.3) is 0 Å². The highest BCUT2D eigenvalue weighted by molar-refractivity contribution is 7.89. The molecule has 3 rings (SSSR count). The number of sulfonamides is 1. The molecular formula is C25H36N4O3S. The molecule has 0 aliphatic carbocycles. The van der Waals surface area contributed by atoms with Gasteiger partial charge in [-0.05, 0) is 37.2 Å². The van der Waals surface area contributed by atoms with E-state index >= 15 is 0 Å². The normalized spacial score (nSPS) is 16.6. The van der Waals surface area contributed by atoms with Crippen LogP contribution in [0.1, 0.15) is 41.4 Å². The summed E-state index contributed by atoms with van der Waals surface area (Å²) >= 11 is 0. The van der Waals surface area contributed by atoms with Gasteiger partial charge in [0, 0.05) is 51.4 Å². The first-order valence-corrected chi connectivity index (χ1v) is 13.1. The van der Waals surface area contributed by atoms with Gasteiger partial charge in [0.05, 0.1) is 10.9 Å². The van der Waals surface area contributed by atoms with Crippen molar-refractivity contribution in [3.63, 3.8) is 0 Å². The number of nitrogens with one attached hydrogen (secondary N) is 1. The zero-order chi connectivity index (χ0) is 24.0. The lowest BCUT2D eigenvalue weighted by molar-refractivity contribution is 0.0907. The second kappa shape index (κ2) is 11.2. The molecule has 1 amide bonds. The second-order valence-corrected chi connectivity index (χ2v) is 10.5. The summed E-state index contributed by atoms with van der Waals surface area (Å²) < 4.78 is 27.6. The molecule has 33 heavy (non-hydrogen) atoms. The van der Waals surface area contributed by atoms with Crippen molar-refractivity contribution < 1.29 is 13.2 Å². The van der Waals surface area contributed by atoms with E-state index in [1.165, 1.54) is 10.4 Å². The van der Waals surface area contributed by atoms with E-state index in [0.717, 1.165) is 31.7 Å². The first-order valence-electron chi connectivity index (χ1n) is 11.6. The summed E-state index contributed by atoms with van der Waals surface area (Å²) in [7, 11) is -1.54. The molecule has 1 aliphatic heterocycles. The fraction of sp³-hybridized carbons (Fsp3) is 0.480. The van der Waals surface area contributed by atoms with Crippen LogP contribution in [0, 0.1) is 6.92 Å². The number of hydrogen-bond donors (Lipinski definition) is 1. The molecule has 180 valence electrons. The van der Waals surface area contributed by atoms with Crippen molar-refractivity contribution in [3.05, 3.63) is 65.2 Å². The number of aryl methyl sites for hydroxylation is 1. The van der Waals surface area contributed by atoms with E-state index in [0.29, 0.717) is 30.8 Å². The minimum Gasteiger partial charge on any atom is -0.344 e. The predicted octanol–water partition coefficient (Wildman–Crippen LogP) is 2.74. The van der Waals surface area contributed by atoms with Crippen molar-refractivity contribution in [3.8, 4) is 0 Å². The van der Waals surface area contributed by atoms with E-state index < -0.39 is 10.0 Å². The van der Waals surface area contributed by atoms with Crippen LogP contribution in [0.2, 0.25) is 0 Å². The zero-order valence-electron chi connectivity index (χ0n) is 20.1.